The molecule has 1 amide bonds. The van der Waals surface area contributed by atoms with Crippen LogP contribution in [-0.4, -0.2) is 41.3 Å². The molecule has 1 saturated heterocycles. The van der Waals surface area contributed by atoms with Gasteiger partial charge in [0.2, 0.25) is 5.91 Å². The summed E-state index contributed by atoms with van der Waals surface area (Å²) in [5, 5.41) is 12.0. The number of fused-ring (bicyclic) bond motifs is 1. The second-order valence-corrected chi connectivity index (χ2v) is 6.95. The third-order valence-electron chi connectivity index (χ3n) is 5.60. The van der Waals surface area contributed by atoms with Gasteiger partial charge in [0.25, 0.3) is 0 Å². The van der Waals surface area contributed by atoms with Crippen LogP contribution >= 0.6 is 0 Å². The first-order valence-corrected chi connectivity index (χ1v) is 7.62. The van der Waals surface area contributed by atoms with E-state index in [0.29, 0.717) is 13.0 Å². The first-order valence-electron chi connectivity index (χ1n) is 7.62. The van der Waals surface area contributed by atoms with Crippen LogP contribution in [0.1, 0.15) is 40.5 Å². The second kappa shape index (κ2) is 5.25. The fraction of sp³-hybridized carbons (Fsp3) is 0.867. The van der Waals surface area contributed by atoms with Gasteiger partial charge in [0.15, 0.2) is 0 Å². The number of carboxylic acid groups (broad SMARTS) is 1. The fourth-order valence-electron chi connectivity index (χ4n) is 3.79. The summed E-state index contributed by atoms with van der Waals surface area (Å²) in [5.74, 6) is -1.56. The average molecular weight is 298 g/mol. The lowest BCUT2D eigenvalue weighted by atomic mass is 9.48. The summed E-state index contributed by atoms with van der Waals surface area (Å²) in [5.41, 5.74) is 4.86. The molecule has 2 aliphatic rings. The smallest absolute Gasteiger partial charge is 0.326 e. The van der Waals surface area contributed by atoms with Crippen molar-refractivity contribution in [2.45, 2.75) is 58.2 Å². The van der Waals surface area contributed by atoms with Crippen LogP contribution in [0.15, 0.2) is 0 Å². The number of hydrogen-bond acceptors (Lipinski definition) is 4. The molecule has 0 spiro atoms. The van der Waals surface area contributed by atoms with E-state index in [4.69, 9.17) is 10.5 Å². The maximum Gasteiger partial charge on any atom is 0.326 e. The van der Waals surface area contributed by atoms with Crippen LogP contribution in [0.25, 0.3) is 0 Å². The van der Waals surface area contributed by atoms with Gasteiger partial charge in [-0.15, -0.1) is 0 Å². The van der Waals surface area contributed by atoms with Crippen molar-refractivity contribution in [3.05, 3.63) is 0 Å². The van der Waals surface area contributed by atoms with E-state index in [1.165, 1.54) is 0 Å². The predicted octanol–water partition coefficient (Wildman–Crippen LogP) is 0.744. The average Bonchev–Trinajstić information content (AvgIpc) is 2.90. The highest BCUT2D eigenvalue weighted by Gasteiger charge is 2.71. The van der Waals surface area contributed by atoms with Crippen molar-refractivity contribution in [3.8, 4) is 0 Å². The van der Waals surface area contributed by atoms with Crippen molar-refractivity contribution in [1.82, 2.24) is 5.32 Å². The molecule has 5 atom stereocenters. The Kier molecular flexibility index (Phi) is 4.06. The molecule has 6 heteroatoms. The zero-order valence-electron chi connectivity index (χ0n) is 13.2. The Bertz CT molecular complexity index is 451. The second-order valence-electron chi connectivity index (χ2n) is 6.95. The number of ether oxygens (including phenoxy) is 1. The van der Waals surface area contributed by atoms with Crippen molar-refractivity contribution >= 4 is 11.9 Å². The molecule has 1 heterocycles. The molecule has 0 radical (unpaired) electrons. The first-order chi connectivity index (χ1) is 9.67. The van der Waals surface area contributed by atoms with E-state index in [0.717, 1.165) is 6.42 Å². The number of rotatable bonds is 5. The van der Waals surface area contributed by atoms with Crippen LogP contribution in [-0.2, 0) is 14.3 Å². The zero-order valence-corrected chi connectivity index (χ0v) is 13.2. The Balaban J connectivity index is 2.17. The van der Waals surface area contributed by atoms with Gasteiger partial charge in [-0.1, -0.05) is 34.1 Å². The molecule has 0 aromatic carbocycles. The standard InChI is InChI=1S/C15H26N2O4/c1-5-8(2)10(12(18)19)17-13(20)15(16)9-6-7-21-11(9)14(15,3)4/h8-11H,5-7,16H2,1-4H3,(H,17,20)(H,18,19)/t8-,9?,10-,11?,15?/m0/s1. The van der Waals surface area contributed by atoms with E-state index >= 15 is 0 Å². The molecule has 0 bridgehead atoms. The Labute approximate surface area is 125 Å². The van der Waals surface area contributed by atoms with Gasteiger partial charge in [-0.25, -0.2) is 4.79 Å². The highest BCUT2D eigenvalue weighted by molar-refractivity contribution is 5.92. The van der Waals surface area contributed by atoms with Crippen LogP contribution in [0, 0.1) is 17.3 Å². The van der Waals surface area contributed by atoms with E-state index in [1.54, 1.807) is 0 Å². The van der Waals surface area contributed by atoms with Gasteiger partial charge in [-0.2, -0.15) is 0 Å². The van der Waals surface area contributed by atoms with Gasteiger partial charge in [-0.05, 0) is 12.3 Å². The summed E-state index contributed by atoms with van der Waals surface area (Å²) >= 11 is 0. The molecule has 6 nitrogen and oxygen atoms in total. The van der Waals surface area contributed by atoms with E-state index in [1.807, 2.05) is 27.7 Å². The van der Waals surface area contributed by atoms with Crippen LogP contribution in [0.5, 0.6) is 0 Å². The topological polar surface area (TPSA) is 102 Å². The van der Waals surface area contributed by atoms with Crippen LogP contribution in [0.3, 0.4) is 0 Å². The Hall–Kier alpha value is -1.14. The van der Waals surface area contributed by atoms with Gasteiger partial charge in [-0.3, -0.25) is 4.79 Å². The Morgan fingerprint density at radius 2 is 2.10 bits per heavy atom. The molecule has 2 rings (SSSR count). The summed E-state index contributed by atoms with van der Waals surface area (Å²) in [7, 11) is 0. The lowest BCUT2D eigenvalue weighted by Gasteiger charge is -2.60. The van der Waals surface area contributed by atoms with Gasteiger partial charge in [0.1, 0.15) is 11.6 Å². The van der Waals surface area contributed by atoms with Crippen LogP contribution < -0.4 is 11.1 Å². The monoisotopic (exact) mass is 298 g/mol. The SMILES string of the molecule is CC[C@H](C)[C@H](NC(=O)C1(N)C2CCOC2C1(C)C)C(=O)O. The van der Waals surface area contributed by atoms with E-state index < -0.39 is 23.0 Å². The van der Waals surface area contributed by atoms with Crippen molar-refractivity contribution in [3.63, 3.8) is 0 Å². The summed E-state index contributed by atoms with van der Waals surface area (Å²) in [6.45, 7) is 8.16. The number of amides is 1. The number of nitrogens with one attached hydrogen (secondary N) is 1. The van der Waals surface area contributed by atoms with Gasteiger partial charge >= 0.3 is 5.97 Å². The molecular formula is C15H26N2O4. The van der Waals surface area contributed by atoms with Crippen molar-refractivity contribution in [2.24, 2.45) is 23.0 Å². The summed E-state index contributed by atoms with van der Waals surface area (Å²) < 4.78 is 5.66. The normalized spacial score (nSPS) is 36.2. The summed E-state index contributed by atoms with van der Waals surface area (Å²) in [6, 6.07) is -0.903. The molecule has 120 valence electrons. The van der Waals surface area contributed by atoms with Crippen molar-refractivity contribution in [2.75, 3.05) is 6.61 Å². The minimum absolute atomic E-state index is 0.0138. The lowest BCUT2D eigenvalue weighted by molar-refractivity contribution is -0.177. The molecule has 1 aliphatic carbocycles. The zero-order chi connectivity index (χ0) is 16.0. The van der Waals surface area contributed by atoms with Gasteiger partial charge in [0.05, 0.1) is 6.10 Å². The number of carboxylic acids is 1. The van der Waals surface area contributed by atoms with E-state index in [9.17, 15) is 14.7 Å². The maximum atomic E-state index is 12.7. The minimum Gasteiger partial charge on any atom is -0.480 e. The third-order valence-corrected chi connectivity index (χ3v) is 5.60. The number of carbonyl (C=O) groups is 2. The number of nitrogens with two attached hydrogens (primary N) is 1. The fourth-order valence-corrected chi connectivity index (χ4v) is 3.79. The molecule has 0 aromatic heterocycles. The molecule has 21 heavy (non-hydrogen) atoms. The lowest BCUT2D eigenvalue weighted by Crippen LogP contribution is -2.80. The molecule has 0 aromatic rings. The van der Waals surface area contributed by atoms with Gasteiger partial charge in [0, 0.05) is 17.9 Å². The van der Waals surface area contributed by atoms with Crippen LogP contribution in [0.2, 0.25) is 0 Å². The Morgan fingerprint density at radius 3 is 2.62 bits per heavy atom. The van der Waals surface area contributed by atoms with Crippen molar-refractivity contribution < 1.29 is 19.4 Å². The molecule has 3 unspecified atom stereocenters. The molecule has 1 aliphatic heterocycles. The summed E-state index contributed by atoms with van der Waals surface area (Å²) in [6.07, 6.45) is 1.41. The molecule has 4 N–H and O–H groups in total. The van der Waals surface area contributed by atoms with Crippen molar-refractivity contribution in [1.29, 1.82) is 0 Å². The predicted molar refractivity (Wildman–Crippen MR) is 77.6 cm³/mol. The number of carbonyl (C=O) groups excluding carboxylic acids is 1. The maximum absolute atomic E-state index is 12.7. The highest BCUT2D eigenvalue weighted by atomic mass is 16.5. The third kappa shape index (κ3) is 2.16. The van der Waals surface area contributed by atoms with Crippen LogP contribution in [0.4, 0.5) is 0 Å². The van der Waals surface area contributed by atoms with Gasteiger partial charge < -0.3 is 20.9 Å². The quantitative estimate of drug-likeness (QED) is 0.695. The molecule has 1 saturated carbocycles. The Morgan fingerprint density at radius 1 is 1.48 bits per heavy atom. The number of aliphatic carboxylic acids is 1. The first kappa shape index (κ1) is 16.2. The van der Waals surface area contributed by atoms with E-state index in [2.05, 4.69) is 5.32 Å². The molecule has 2 fully saturated rings. The van der Waals surface area contributed by atoms with E-state index in [-0.39, 0.29) is 23.8 Å². The summed E-state index contributed by atoms with van der Waals surface area (Å²) in [4.78, 5) is 24.1. The molecular weight excluding hydrogens is 272 g/mol. The number of hydrogen-bond donors (Lipinski definition) is 3. The minimum atomic E-state index is -1.06. The largest absolute Gasteiger partial charge is 0.480 e. The highest BCUT2D eigenvalue weighted by Crippen LogP contribution is 2.58.